The highest BCUT2D eigenvalue weighted by Gasteiger charge is 2.17. The molecule has 1 aromatic carbocycles. The van der Waals surface area contributed by atoms with Gasteiger partial charge in [0.1, 0.15) is 5.75 Å². The zero-order chi connectivity index (χ0) is 15.2. The quantitative estimate of drug-likeness (QED) is 0.794. The van der Waals surface area contributed by atoms with Crippen molar-refractivity contribution in [3.05, 3.63) is 24.3 Å². The molecule has 1 unspecified atom stereocenters. The number of hydrogen-bond acceptors (Lipinski definition) is 4. The molecule has 0 aliphatic carbocycles. The zero-order valence-electron chi connectivity index (χ0n) is 12.6. The molecular weight excluding hydrogens is 276 g/mol. The lowest BCUT2D eigenvalue weighted by Crippen LogP contribution is -2.41. The highest BCUT2D eigenvalue weighted by atomic mass is 32.2. The smallest absolute Gasteiger partial charge is 0.240 e. The number of rotatable bonds is 8. The van der Waals surface area contributed by atoms with Crippen molar-refractivity contribution in [1.29, 1.82) is 0 Å². The molecule has 1 rings (SSSR count). The molecule has 0 aliphatic heterocycles. The number of likely N-dealkylation sites (N-methyl/N-ethyl adjacent to an activating group) is 1. The number of nitrogens with one attached hydrogen (secondary N) is 1. The lowest BCUT2D eigenvalue weighted by atomic mass is 10.3. The summed E-state index contributed by atoms with van der Waals surface area (Å²) >= 11 is 0. The molecule has 0 saturated heterocycles. The standard InChI is InChI=1S/C14H24N2O3S/c1-5-16(6-2)12(3)11-15-20(17,18)14-9-7-13(19-4)8-10-14/h7-10,12,15H,5-6,11H2,1-4H3. The van der Waals surface area contributed by atoms with Crippen LogP contribution >= 0.6 is 0 Å². The van der Waals surface area contributed by atoms with Gasteiger partial charge < -0.3 is 4.74 Å². The fourth-order valence-corrected chi connectivity index (χ4v) is 3.17. The topological polar surface area (TPSA) is 58.6 Å². The van der Waals surface area contributed by atoms with E-state index in [2.05, 4.69) is 23.5 Å². The first-order valence-electron chi connectivity index (χ1n) is 6.82. The van der Waals surface area contributed by atoms with Crippen LogP contribution < -0.4 is 9.46 Å². The van der Waals surface area contributed by atoms with Crippen molar-refractivity contribution in [2.45, 2.75) is 31.7 Å². The third-order valence-electron chi connectivity index (χ3n) is 3.37. The van der Waals surface area contributed by atoms with Gasteiger partial charge in [0.25, 0.3) is 0 Å². The van der Waals surface area contributed by atoms with E-state index in [1.54, 1.807) is 31.4 Å². The van der Waals surface area contributed by atoms with Crippen LogP contribution in [-0.4, -0.2) is 46.1 Å². The van der Waals surface area contributed by atoms with Gasteiger partial charge in [-0.25, -0.2) is 13.1 Å². The Bertz CT molecular complexity index is 496. The maximum Gasteiger partial charge on any atom is 0.240 e. The number of methoxy groups -OCH3 is 1. The second kappa shape index (κ2) is 7.61. The summed E-state index contributed by atoms with van der Waals surface area (Å²) in [5.74, 6) is 0.639. The minimum Gasteiger partial charge on any atom is -0.497 e. The monoisotopic (exact) mass is 300 g/mol. The third kappa shape index (κ3) is 4.47. The van der Waals surface area contributed by atoms with E-state index in [1.165, 1.54) is 0 Å². The Balaban J connectivity index is 2.69. The second-order valence-electron chi connectivity index (χ2n) is 4.60. The van der Waals surface area contributed by atoms with Gasteiger partial charge in [-0.3, -0.25) is 4.90 Å². The van der Waals surface area contributed by atoms with Crippen molar-refractivity contribution < 1.29 is 13.2 Å². The number of hydrogen-bond donors (Lipinski definition) is 1. The van der Waals surface area contributed by atoms with Gasteiger partial charge >= 0.3 is 0 Å². The predicted octanol–water partition coefficient (Wildman–Crippen LogP) is 1.70. The van der Waals surface area contributed by atoms with Crippen LogP contribution in [0.5, 0.6) is 5.75 Å². The fourth-order valence-electron chi connectivity index (χ4n) is 2.04. The van der Waals surface area contributed by atoms with Gasteiger partial charge in [-0.2, -0.15) is 0 Å². The summed E-state index contributed by atoms with van der Waals surface area (Å²) in [6.07, 6.45) is 0. The molecule has 6 heteroatoms. The maximum atomic E-state index is 12.2. The largest absolute Gasteiger partial charge is 0.497 e. The molecule has 0 heterocycles. The minimum atomic E-state index is -3.46. The summed E-state index contributed by atoms with van der Waals surface area (Å²) in [5, 5.41) is 0. The summed E-state index contributed by atoms with van der Waals surface area (Å²) in [6.45, 7) is 8.36. The van der Waals surface area contributed by atoms with Gasteiger partial charge in [-0.1, -0.05) is 13.8 Å². The lowest BCUT2D eigenvalue weighted by Gasteiger charge is -2.26. The van der Waals surface area contributed by atoms with E-state index in [4.69, 9.17) is 4.74 Å². The summed E-state index contributed by atoms with van der Waals surface area (Å²) < 4.78 is 32.0. The molecule has 0 aliphatic rings. The lowest BCUT2D eigenvalue weighted by molar-refractivity contribution is 0.232. The predicted molar refractivity (Wildman–Crippen MR) is 80.6 cm³/mol. The first kappa shape index (κ1) is 16.9. The summed E-state index contributed by atoms with van der Waals surface area (Å²) in [5.41, 5.74) is 0. The zero-order valence-corrected chi connectivity index (χ0v) is 13.4. The Labute approximate surface area is 122 Å². The molecule has 0 bridgehead atoms. The van der Waals surface area contributed by atoms with Gasteiger partial charge in [0, 0.05) is 12.6 Å². The van der Waals surface area contributed by atoms with Crippen LogP contribution in [0.1, 0.15) is 20.8 Å². The molecule has 1 atom stereocenters. The van der Waals surface area contributed by atoms with Crippen LogP contribution in [0.25, 0.3) is 0 Å². The van der Waals surface area contributed by atoms with Crippen molar-refractivity contribution in [1.82, 2.24) is 9.62 Å². The van der Waals surface area contributed by atoms with E-state index in [0.29, 0.717) is 12.3 Å². The molecule has 114 valence electrons. The Hall–Kier alpha value is -1.11. The van der Waals surface area contributed by atoms with E-state index in [-0.39, 0.29) is 10.9 Å². The summed E-state index contributed by atoms with van der Waals surface area (Å²) in [7, 11) is -1.91. The molecule has 0 radical (unpaired) electrons. The molecule has 1 aromatic rings. The molecule has 0 saturated carbocycles. The van der Waals surface area contributed by atoms with E-state index in [9.17, 15) is 8.42 Å². The molecule has 5 nitrogen and oxygen atoms in total. The van der Waals surface area contributed by atoms with Crippen LogP contribution in [0.15, 0.2) is 29.2 Å². The number of ether oxygens (including phenoxy) is 1. The van der Waals surface area contributed by atoms with Crippen LogP contribution in [0.4, 0.5) is 0 Å². The SMILES string of the molecule is CCN(CC)C(C)CNS(=O)(=O)c1ccc(OC)cc1. The second-order valence-corrected chi connectivity index (χ2v) is 6.36. The van der Waals surface area contributed by atoms with Crippen molar-refractivity contribution in [3.63, 3.8) is 0 Å². The maximum absolute atomic E-state index is 12.2. The van der Waals surface area contributed by atoms with Gasteiger partial charge in [0.05, 0.1) is 12.0 Å². The molecule has 0 aromatic heterocycles. The van der Waals surface area contributed by atoms with E-state index in [1.807, 2.05) is 6.92 Å². The molecule has 1 N–H and O–H groups in total. The first-order valence-corrected chi connectivity index (χ1v) is 8.30. The highest BCUT2D eigenvalue weighted by Crippen LogP contribution is 2.15. The van der Waals surface area contributed by atoms with Crippen LogP contribution in [0.2, 0.25) is 0 Å². The fraction of sp³-hybridized carbons (Fsp3) is 0.571. The number of nitrogens with zero attached hydrogens (tertiary/aromatic N) is 1. The molecule has 0 fully saturated rings. The Morgan fingerprint density at radius 2 is 1.75 bits per heavy atom. The van der Waals surface area contributed by atoms with Gasteiger partial charge in [-0.15, -0.1) is 0 Å². The third-order valence-corrected chi connectivity index (χ3v) is 4.81. The first-order chi connectivity index (χ1) is 9.44. The Morgan fingerprint density at radius 3 is 2.20 bits per heavy atom. The summed E-state index contributed by atoms with van der Waals surface area (Å²) in [6, 6.07) is 6.54. The Kier molecular flexibility index (Phi) is 6.45. The number of benzene rings is 1. The average Bonchev–Trinajstić information content (AvgIpc) is 2.46. The van der Waals surface area contributed by atoms with Crippen molar-refractivity contribution >= 4 is 10.0 Å². The minimum absolute atomic E-state index is 0.165. The van der Waals surface area contributed by atoms with Gasteiger partial charge in [0.15, 0.2) is 0 Å². The Morgan fingerprint density at radius 1 is 1.20 bits per heavy atom. The van der Waals surface area contributed by atoms with Crippen molar-refractivity contribution in [3.8, 4) is 5.75 Å². The average molecular weight is 300 g/mol. The van der Waals surface area contributed by atoms with E-state index >= 15 is 0 Å². The van der Waals surface area contributed by atoms with Crippen LogP contribution in [0.3, 0.4) is 0 Å². The van der Waals surface area contributed by atoms with Crippen LogP contribution in [0, 0.1) is 0 Å². The van der Waals surface area contributed by atoms with E-state index < -0.39 is 10.0 Å². The van der Waals surface area contributed by atoms with Gasteiger partial charge in [0.2, 0.25) is 10.0 Å². The molecular formula is C14H24N2O3S. The van der Waals surface area contributed by atoms with Gasteiger partial charge in [-0.05, 0) is 44.3 Å². The van der Waals surface area contributed by atoms with Crippen molar-refractivity contribution in [2.75, 3.05) is 26.7 Å². The normalized spacial score (nSPS) is 13.4. The highest BCUT2D eigenvalue weighted by molar-refractivity contribution is 7.89. The van der Waals surface area contributed by atoms with E-state index in [0.717, 1.165) is 13.1 Å². The van der Waals surface area contributed by atoms with Crippen molar-refractivity contribution in [2.24, 2.45) is 0 Å². The number of sulfonamides is 1. The van der Waals surface area contributed by atoms with Crippen LogP contribution in [-0.2, 0) is 10.0 Å². The molecule has 20 heavy (non-hydrogen) atoms. The molecule has 0 amide bonds. The molecule has 0 spiro atoms. The summed E-state index contributed by atoms with van der Waals surface area (Å²) in [4.78, 5) is 2.46.